The van der Waals surface area contributed by atoms with E-state index in [0.29, 0.717) is 6.04 Å². The second-order valence-corrected chi connectivity index (χ2v) is 3.59. The van der Waals surface area contributed by atoms with Crippen molar-refractivity contribution in [2.45, 2.75) is 30.9 Å². The van der Waals surface area contributed by atoms with E-state index in [0.717, 1.165) is 39.1 Å². The van der Waals surface area contributed by atoms with Gasteiger partial charge >= 0.3 is 0 Å². The largest absolute Gasteiger partial charge is 0.378 e. The van der Waals surface area contributed by atoms with Crippen molar-refractivity contribution < 1.29 is 9.47 Å². The molecule has 2 rings (SSSR count). The molecule has 2 aliphatic heterocycles. The van der Waals surface area contributed by atoms with Crippen molar-refractivity contribution in [3.8, 4) is 0 Å². The van der Waals surface area contributed by atoms with E-state index in [9.17, 15) is 0 Å². The first-order chi connectivity index (χ1) is 5.31. The number of nitrogens with two attached hydrogens (primary N) is 1. The van der Waals surface area contributed by atoms with E-state index in [4.69, 9.17) is 15.2 Å². The molecule has 2 saturated heterocycles. The maximum atomic E-state index is 5.85. The summed E-state index contributed by atoms with van der Waals surface area (Å²) in [5.74, 6) is 0. The van der Waals surface area contributed by atoms with Crippen LogP contribution in [0.25, 0.3) is 0 Å². The van der Waals surface area contributed by atoms with E-state index in [2.05, 4.69) is 0 Å². The summed E-state index contributed by atoms with van der Waals surface area (Å²) in [5.41, 5.74) is 5.85. The van der Waals surface area contributed by atoms with Gasteiger partial charge in [-0.25, -0.2) is 0 Å². The van der Waals surface area contributed by atoms with Crippen molar-refractivity contribution in [2.75, 3.05) is 19.8 Å². The predicted octanol–water partition coefficient (Wildman–Crippen LogP) is 0.283. The molecule has 2 N–H and O–H groups in total. The molecule has 0 aromatic carbocycles. The average molecular weight is 157 g/mol. The third-order valence-corrected chi connectivity index (χ3v) is 2.60. The van der Waals surface area contributed by atoms with Gasteiger partial charge in [0, 0.05) is 25.7 Å². The molecule has 3 heteroatoms. The SMILES string of the molecule is N[C@@H]1CCO[C@@]2(CCOC2)C1. The van der Waals surface area contributed by atoms with Crippen molar-refractivity contribution >= 4 is 0 Å². The highest BCUT2D eigenvalue weighted by Crippen LogP contribution is 2.31. The van der Waals surface area contributed by atoms with Crippen LogP contribution < -0.4 is 5.73 Å². The van der Waals surface area contributed by atoms with Crippen molar-refractivity contribution in [1.29, 1.82) is 0 Å². The van der Waals surface area contributed by atoms with Crippen LogP contribution in [0, 0.1) is 0 Å². The summed E-state index contributed by atoms with van der Waals surface area (Å²) in [5, 5.41) is 0. The number of hydrogen-bond donors (Lipinski definition) is 1. The molecule has 64 valence electrons. The van der Waals surface area contributed by atoms with Crippen LogP contribution in [0.1, 0.15) is 19.3 Å². The molecule has 0 aliphatic carbocycles. The van der Waals surface area contributed by atoms with Crippen molar-refractivity contribution in [3.63, 3.8) is 0 Å². The Labute approximate surface area is 66.8 Å². The van der Waals surface area contributed by atoms with Gasteiger partial charge in [0.05, 0.1) is 12.2 Å². The molecule has 0 amide bonds. The molecule has 0 aromatic rings. The molecule has 0 radical (unpaired) electrons. The number of ether oxygens (including phenoxy) is 2. The fraction of sp³-hybridized carbons (Fsp3) is 1.00. The first kappa shape index (κ1) is 7.53. The lowest BCUT2D eigenvalue weighted by Gasteiger charge is -2.35. The molecule has 0 unspecified atom stereocenters. The molecule has 0 saturated carbocycles. The normalized spacial score (nSPS) is 45.0. The third-order valence-electron chi connectivity index (χ3n) is 2.60. The second kappa shape index (κ2) is 2.73. The minimum Gasteiger partial charge on any atom is -0.378 e. The third kappa shape index (κ3) is 1.41. The molecule has 1 spiro atoms. The van der Waals surface area contributed by atoms with E-state index in [1.165, 1.54) is 0 Å². The van der Waals surface area contributed by atoms with E-state index >= 15 is 0 Å². The van der Waals surface area contributed by atoms with Crippen LogP contribution in [-0.4, -0.2) is 31.5 Å². The number of rotatable bonds is 0. The Morgan fingerprint density at radius 1 is 1.36 bits per heavy atom. The molecule has 11 heavy (non-hydrogen) atoms. The average Bonchev–Trinajstić information content (AvgIpc) is 2.37. The van der Waals surface area contributed by atoms with Gasteiger partial charge in [0.1, 0.15) is 0 Å². The van der Waals surface area contributed by atoms with Gasteiger partial charge in [0.25, 0.3) is 0 Å². The Morgan fingerprint density at radius 2 is 2.27 bits per heavy atom. The molecular weight excluding hydrogens is 142 g/mol. The lowest BCUT2D eigenvalue weighted by Crippen LogP contribution is -2.45. The summed E-state index contributed by atoms with van der Waals surface area (Å²) < 4.78 is 11.0. The first-order valence-corrected chi connectivity index (χ1v) is 4.28. The standard InChI is InChI=1S/C8H15NO2/c9-7-1-3-11-8(5-7)2-4-10-6-8/h7H,1-6,9H2/t7-,8+/m1/s1. The summed E-state index contributed by atoms with van der Waals surface area (Å²) in [6.07, 6.45) is 3.01. The van der Waals surface area contributed by atoms with Crippen LogP contribution in [-0.2, 0) is 9.47 Å². The maximum absolute atomic E-state index is 5.85. The van der Waals surface area contributed by atoms with Crippen molar-refractivity contribution in [3.05, 3.63) is 0 Å². The van der Waals surface area contributed by atoms with Gasteiger partial charge in [-0.05, 0) is 12.8 Å². The zero-order valence-electron chi connectivity index (χ0n) is 6.71. The molecule has 0 aromatic heterocycles. The van der Waals surface area contributed by atoms with Gasteiger partial charge in [-0.15, -0.1) is 0 Å². The fourth-order valence-corrected chi connectivity index (χ4v) is 1.93. The Morgan fingerprint density at radius 3 is 2.91 bits per heavy atom. The van der Waals surface area contributed by atoms with Crippen LogP contribution in [0.4, 0.5) is 0 Å². The summed E-state index contributed by atoms with van der Waals surface area (Å²) in [6, 6.07) is 0.324. The highest BCUT2D eigenvalue weighted by atomic mass is 16.6. The monoisotopic (exact) mass is 157 g/mol. The Hall–Kier alpha value is -0.120. The summed E-state index contributed by atoms with van der Waals surface area (Å²) in [6.45, 7) is 2.40. The minimum atomic E-state index is -0.00231. The highest BCUT2D eigenvalue weighted by molar-refractivity contribution is 4.91. The fourth-order valence-electron chi connectivity index (χ4n) is 1.93. The van der Waals surface area contributed by atoms with E-state index < -0.39 is 0 Å². The maximum Gasteiger partial charge on any atom is 0.0951 e. The van der Waals surface area contributed by atoms with Gasteiger partial charge in [-0.3, -0.25) is 0 Å². The quantitative estimate of drug-likeness (QED) is 0.549. The molecule has 2 atom stereocenters. The summed E-state index contributed by atoms with van der Waals surface area (Å²) >= 11 is 0. The molecule has 2 heterocycles. The van der Waals surface area contributed by atoms with E-state index in [1.807, 2.05) is 0 Å². The van der Waals surface area contributed by atoms with Gasteiger partial charge in [0.15, 0.2) is 0 Å². The van der Waals surface area contributed by atoms with E-state index in [1.54, 1.807) is 0 Å². The second-order valence-electron chi connectivity index (χ2n) is 3.59. The molecule has 0 bridgehead atoms. The minimum absolute atomic E-state index is 0.00231. The van der Waals surface area contributed by atoms with E-state index in [-0.39, 0.29) is 5.60 Å². The molecular formula is C8H15NO2. The topological polar surface area (TPSA) is 44.5 Å². The molecule has 3 nitrogen and oxygen atoms in total. The zero-order chi connectivity index (χ0) is 7.73. The van der Waals surface area contributed by atoms with Crippen LogP contribution in [0.3, 0.4) is 0 Å². The predicted molar refractivity (Wildman–Crippen MR) is 41.3 cm³/mol. The van der Waals surface area contributed by atoms with Crippen LogP contribution in [0.5, 0.6) is 0 Å². The smallest absolute Gasteiger partial charge is 0.0951 e. The summed E-state index contributed by atoms with van der Waals surface area (Å²) in [4.78, 5) is 0. The molecule has 2 aliphatic rings. The lowest BCUT2D eigenvalue weighted by molar-refractivity contribution is -0.0851. The Balaban J connectivity index is 2.00. The number of hydrogen-bond acceptors (Lipinski definition) is 3. The first-order valence-electron chi connectivity index (χ1n) is 4.28. The lowest BCUT2D eigenvalue weighted by atomic mass is 9.90. The van der Waals surface area contributed by atoms with Gasteiger partial charge in [-0.2, -0.15) is 0 Å². The Bertz CT molecular complexity index is 143. The van der Waals surface area contributed by atoms with Crippen LogP contribution in [0.2, 0.25) is 0 Å². The Kier molecular flexibility index (Phi) is 1.87. The van der Waals surface area contributed by atoms with Crippen molar-refractivity contribution in [2.24, 2.45) is 5.73 Å². The summed E-state index contributed by atoms with van der Waals surface area (Å²) in [7, 11) is 0. The van der Waals surface area contributed by atoms with Crippen molar-refractivity contribution in [1.82, 2.24) is 0 Å². The van der Waals surface area contributed by atoms with Gasteiger partial charge < -0.3 is 15.2 Å². The zero-order valence-corrected chi connectivity index (χ0v) is 6.71. The molecule has 2 fully saturated rings. The van der Waals surface area contributed by atoms with Crippen LogP contribution >= 0.6 is 0 Å². The van der Waals surface area contributed by atoms with Gasteiger partial charge in [0.2, 0.25) is 0 Å². The highest BCUT2D eigenvalue weighted by Gasteiger charge is 2.39. The van der Waals surface area contributed by atoms with Gasteiger partial charge in [-0.1, -0.05) is 0 Å². The van der Waals surface area contributed by atoms with Crippen LogP contribution in [0.15, 0.2) is 0 Å².